The van der Waals surface area contributed by atoms with Gasteiger partial charge in [-0.3, -0.25) is 4.79 Å². The molecule has 0 unspecified atom stereocenters. The molecule has 0 aliphatic rings. The zero-order valence-electron chi connectivity index (χ0n) is 16.2. The van der Waals surface area contributed by atoms with Crippen LogP contribution in [0.1, 0.15) is 69.2 Å². The van der Waals surface area contributed by atoms with Gasteiger partial charge in [-0.25, -0.2) is 4.68 Å². The lowest BCUT2D eigenvalue weighted by Gasteiger charge is -2.15. The number of carbonyl (C=O) groups is 1. The van der Waals surface area contributed by atoms with Gasteiger partial charge in [0.05, 0.1) is 32.7 Å². The largest absolute Gasteiger partial charge is 0.350 e. The Labute approximate surface area is 165 Å². The van der Waals surface area contributed by atoms with Crippen LogP contribution in [-0.2, 0) is 6.42 Å². The molecule has 1 aromatic heterocycles. The molecule has 0 radical (unpaired) electrons. The Bertz CT molecular complexity index is 795. The number of rotatable bonds is 6. The third kappa shape index (κ3) is 4.60. The molecule has 0 saturated carbocycles. The summed E-state index contributed by atoms with van der Waals surface area (Å²) >= 11 is 12.3. The monoisotopic (exact) mass is 395 g/mol. The lowest BCUT2D eigenvalue weighted by atomic mass is 9.98. The maximum atomic E-state index is 12.9. The van der Waals surface area contributed by atoms with Crippen LogP contribution < -0.4 is 5.32 Å². The maximum absolute atomic E-state index is 12.9. The van der Waals surface area contributed by atoms with E-state index >= 15 is 0 Å². The Hall–Kier alpha value is -1.52. The average Bonchev–Trinajstić information content (AvgIpc) is 2.88. The van der Waals surface area contributed by atoms with E-state index in [1.165, 1.54) is 0 Å². The van der Waals surface area contributed by atoms with Crippen LogP contribution in [0.2, 0.25) is 10.0 Å². The maximum Gasteiger partial charge on any atom is 0.255 e. The van der Waals surface area contributed by atoms with E-state index in [9.17, 15) is 4.79 Å². The van der Waals surface area contributed by atoms with Crippen LogP contribution in [0.3, 0.4) is 0 Å². The molecule has 0 fully saturated rings. The zero-order valence-corrected chi connectivity index (χ0v) is 17.7. The number of carbonyl (C=O) groups excluding carboxylic acids is 1. The molecule has 6 heteroatoms. The van der Waals surface area contributed by atoms with E-state index in [0.29, 0.717) is 21.5 Å². The predicted molar refractivity (Wildman–Crippen MR) is 109 cm³/mol. The van der Waals surface area contributed by atoms with Gasteiger partial charge in [0, 0.05) is 6.04 Å². The molecule has 0 atom stereocenters. The van der Waals surface area contributed by atoms with Gasteiger partial charge in [0.15, 0.2) is 0 Å². The fourth-order valence-electron chi connectivity index (χ4n) is 2.94. The fourth-order valence-corrected chi connectivity index (χ4v) is 3.23. The molecular weight excluding hydrogens is 369 g/mol. The molecule has 1 N–H and O–H groups in total. The highest BCUT2D eigenvalue weighted by atomic mass is 35.5. The molecular formula is C20H27Cl2N3O. The lowest BCUT2D eigenvalue weighted by Crippen LogP contribution is -2.31. The van der Waals surface area contributed by atoms with Crippen LogP contribution in [0.25, 0.3) is 5.69 Å². The molecule has 0 saturated heterocycles. The van der Waals surface area contributed by atoms with E-state index in [2.05, 4.69) is 33.0 Å². The summed E-state index contributed by atoms with van der Waals surface area (Å²) in [6.07, 6.45) is 0.731. The smallest absolute Gasteiger partial charge is 0.255 e. The van der Waals surface area contributed by atoms with Crippen molar-refractivity contribution in [2.45, 2.75) is 59.9 Å². The average molecular weight is 396 g/mol. The zero-order chi connectivity index (χ0) is 19.6. The van der Waals surface area contributed by atoms with E-state index in [4.69, 9.17) is 28.3 Å². The molecule has 2 rings (SSSR count). The molecule has 0 aliphatic carbocycles. The third-order valence-electron chi connectivity index (χ3n) is 3.94. The number of amides is 1. The van der Waals surface area contributed by atoms with Crippen LogP contribution in [0.15, 0.2) is 18.2 Å². The lowest BCUT2D eigenvalue weighted by molar-refractivity contribution is 0.0940. The molecule has 142 valence electrons. The van der Waals surface area contributed by atoms with Crippen LogP contribution in [0.4, 0.5) is 0 Å². The summed E-state index contributed by atoms with van der Waals surface area (Å²) in [4.78, 5) is 12.9. The molecule has 0 aliphatic heterocycles. The van der Waals surface area contributed by atoms with Gasteiger partial charge >= 0.3 is 0 Å². The van der Waals surface area contributed by atoms with Gasteiger partial charge in [-0.1, -0.05) is 50.9 Å². The summed E-state index contributed by atoms with van der Waals surface area (Å²) < 4.78 is 1.83. The number of hydrogen-bond donors (Lipinski definition) is 1. The van der Waals surface area contributed by atoms with Gasteiger partial charge in [0.25, 0.3) is 5.91 Å². The van der Waals surface area contributed by atoms with Crippen molar-refractivity contribution in [3.8, 4) is 5.69 Å². The highest BCUT2D eigenvalue weighted by Crippen LogP contribution is 2.30. The Morgan fingerprint density at radius 1 is 1.12 bits per heavy atom. The molecule has 26 heavy (non-hydrogen) atoms. The van der Waals surface area contributed by atoms with Crippen molar-refractivity contribution in [3.63, 3.8) is 0 Å². The van der Waals surface area contributed by atoms with Gasteiger partial charge in [-0.2, -0.15) is 5.10 Å². The molecule has 1 aromatic carbocycles. The van der Waals surface area contributed by atoms with Gasteiger partial charge in [-0.05, 0) is 50.3 Å². The SMILES string of the molecule is CC(C)Cc1nn(-c2ccc(Cl)c(Cl)c2)c(C(C)C)c1C(=O)NC(C)C. The minimum atomic E-state index is -0.0781. The Balaban J connectivity index is 2.69. The number of hydrogen-bond acceptors (Lipinski definition) is 2. The van der Waals surface area contributed by atoms with Crippen molar-refractivity contribution in [2.75, 3.05) is 0 Å². The fraction of sp³-hybridized carbons (Fsp3) is 0.500. The van der Waals surface area contributed by atoms with Crippen LogP contribution in [0, 0.1) is 5.92 Å². The summed E-state index contributed by atoms with van der Waals surface area (Å²) in [5.41, 5.74) is 3.18. The summed E-state index contributed by atoms with van der Waals surface area (Å²) in [5.74, 6) is 0.425. The van der Waals surface area contributed by atoms with Gasteiger partial charge < -0.3 is 5.32 Å². The third-order valence-corrected chi connectivity index (χ3v) is 4.68. The Morgan fingerprint density at radius 3 is 2.27 bits per heavy atom. The van der Waals surface area contributed by atoms with Crippen molar-refractivity contribution >= 4 is 29.1 Å². The van der Waals surface area contributed by atoms with Crippen molar-refractivity contribution in [1.82, 2.24) is 15.1 Å². The normalized spacial score (nSPS) is 11.7. The number of aromatic nitrogens is 2. The highest BCUT2D eigenvalue weighted by Gasteiger charge is 2.27. The quantitative estimate of drug-likeness (QED) is 0.687. The molecule has 4 nitrogen and oxygen atoms in total. The van der Waals surface area contributed by atoms with E-state index < -0.39 is 0 Å². The second-order valence-electron chi connectivity index (χ2n) is 7.60. The van der Waals surface area contributed by atoms with Gasteiger partial charge in [-0.15, -0.1) is 0 Å². The standard InChI is InChI=1S/C20H27Cl2N3O/c1-11(2)9-17-18(20(26)23-13(5)6)19(12(3)4)25(24-17)14-7-8-15(21)16(22)10-14/h7-8,10-13H,9H2,1-6H3,(H,23,26). The minimum Gasteiger partial charge on any atom is -0.350 e. The summed E-state index contributed by atoms with van der Waals surface area (Å²) in [6.45, 7) is 12.3. The van der Waals surface area contributed by atoms with Crippen molar-refractivity contribution < 1.29 is 4.79 Å². The summed E-state index contributed by atoms with van der Waals surface area (Å²) in [5, 5.41) is 8.77. The molecule has 1 heterocycles. The van der Waals surface area contributed by atoms with Crippen molar-refractivity contribution in [2.24, 2.45) is 5.92 Å². The minimum absolute atomic E-state index is 0.0581. The summed E-state index contributed by atoms with van der Waals surface area (Å²) in [6, 6.07) is 5.46. The first kappa shape index (κ1) is 20.8. The second kappa shape index (κ2) is 8.45. The first-order valence-corrected chi connectivity index (χ1v) is 9.75. The van der Waals surface area contributed by atoms with E-state index in [0.717, 1.165) is 23.5 Å². The molecule has 0 bridgehead atoms. The van der Waals surface area contributed by atoms with Gasteiger partial charge in [0.1, 0.15) is 0 Å². The van der Waals surface area contributed by atoms with Crippen molar-refractivity contribution in [1.29, 1.82) is 0 Å². The first-order chi connectivity index (χ1) is 12.1. The first-order valence-electron chi connectivity index (χ1n) is 8.99. The van der Waals surface area contributed by atoms with Crippen LogP contribution >= 0.6 is 23.2 Å². The summed E-state index contributed by atoms with van der Waals surface area (Å²) in [7, 11) is 0. The van der Waals surface area contributed by atoms with Crippen LogP contribution in [-0.4, -0.2) is 21.7 Å². The van der Waals surface area contributed by atoms with E-state index in [-0.39, 0.29) is 17.9 Å². The number of nitrogens with one attached hydrogen (secondary N) is 1. The highest BCUT2D eigenvalue weighted by molar-refractivity contribution is 6.42. The van der Waals surface area contributed by atoms with Gasteiger partial charge in [0.2, 0.25) is 0 Å². The van der Waals surface area contributed by atoms with Crippen LogP contribution in [0.5, 0.6) is 0 Å². The van der Waals surface area contributed by atoms with E-state index in [1.807, 2.05) is 24.6 Å². The Morgan fingerprint density at radius 2 is 1.77 bits per heavy atom. The molecule has 1 amide bonds. The molecule has 2 aromatic rings. The second-order valence-corrected chi connectivity index (χ2v) is 8.41. The topological polar surface area (TPSA) is 46.9 Å². The number of nitrogens with zero attached hydrogens (tertiary/aromatic N) is 2. The predicted octanol–water partition coefficient (Wildman–Crippen LogP) is 5.64. The van der Waals surface area contributed by atoms with E-state index in [1.54, 1.807) is 12.1 Å². The molecule has 0 spiro atoms. The number of halogens is 2. The number of benzene rings is 1. The van der Waals surface area contributed by atoms with Crippen molar-refractivity contribution in [3.05, 3.63) is 45.2 Å². The Kier molecular flexibility index (Phi) is 6.75.